The Morgan fingerprint density at radius 1 is 1.53 bits per heavy atom. The van der Waals surface area contributed by atoms with E-state index in [4.69, 9.17) is 4.74 Å². The van der Waals surface area contributed by atoms with Crippen molar-refractivity contribution in [3.05, 3.63) is 39.7 Å². The van der Waals surface area contributed by atoms with Gasteiger partial charge in [0.25, 0.3) is 5.91 Å². The summed E-state index contributed by atoms with van der Waals surface area (Å²) in [5, 5.41) is 13.3. The van der Waals surface area contributed by atoms with Gasteiger partial charge in [0.15, 0.2) is 0 Å². The molecule has 0 unspecified atom stereocenters. The second kappa shape index (κ2) is 5.31. The van der Waals surface area contributed by atoms with Gasteiger partial charge in [-0.05, 0) is 25.0 Å². The average molecular weight is 268 g/mol. The first kappa shape index (κ1) is 13.4. The second-order valence-electron chi connectivity index (χ2n) is 4.42. The first-order valence-corrected chi connectivity index (χ1v) is 5.79. The summed E-state index contributed by atoms with van der Waals surface area (Å²) >= 11 is 0. The Hall–Kier alpha value is -2.02. The number of benzene rings is 1. The van der Waals surface area contributed by atoms with E-state index in [2.05, 4.69) is 5.32 Å². The minimum atomic E-state index is -0.954. The van der Waals surface area contributed by atoms with Crippen molar-refractivity contribution in [1.82, 2.24) is 5.32 Å². The molecule has 0 spiro atoms. The fourth-order valence-electron chi connectivity index (χ4n) is 1.94. The SMILES string of the molecule is COC1CC(NC(=O)c2ccc(F)c([N+](=O)[O-])c2)C1. The summed E-state index contributed by atoms with van der Waals surface area (Å²) in [5.41, 5.74) is -0.620. The van der Waals surface area contributed by atoms with Crippen molar-refractivity contribution in [1.29, 1.82) is 0 Å². The number of carbonyl (C=O) groups is 1. The molecule has 0 heterocycles. The molecule has 1 fully saturated rings. The van der Waals surface area contributed by atoms with E-state index in [1.54, 1.807) is 7.11 Å². The number of hydrogen-bond acceptors (Lipinski definition) is 4. The highest BCUT2D eigenvalue weighted by atomic mass is 19.1. The maximum atomic E-state index is 13.1. The fraction of sp³-hybridized carbons (Fsp3) is 0.417. The molecule has 6 nitrogen and oxygen atoms in total. The lowest BCUT2D eigenvalue weighted by Crippen LogP contribution is -2.47. The smallest absolute Gasteiger partial charge is 0.305 e. The van der Waals surface area contributed by atoms with E-state index < -0.39 is 22.3 Å². The topological polar surface area (TPSA) is 81.5 Å². The van der Waals surface area contributed by atoms with Crippen molar-refractivity contribution in [2.75, 3.05) is 7.11 Å². The monoisotopic (exact) mass is 268 g/mol. The molecule has 102 valence electrons. The number of nitrogens with one attached hydrogen (secondary N) is 1. The van der Waals surface area contributed by atoms with E-state index in [0.29, 0.717) is 12.8 Å². The van der Waals surface area contributed by atoms with E-state index in [9.17, 15) is 19.3 Å². The molecule has 7 heteroatoms. The van der Waals surface area contributed by atoms with Crippen LogP contribution in [0.5, 0.6) is 0 Å². The number of methoxy groups -OCH3 is 1. The second-order valence-corrected chi connectivity index (χ2v) is 4.42. The lowest BCUT2D eigenvalue weighted by molar-refractivity contribution is -0.387. The molecule has 0 bridgehead atoms. The summed E-state index contributed by atoms with van der Waals surface area (Å²) in [5.74, 6) is -1.40. The normalized spacial score (nSPS) is 21.6. The van der Waals surface area contributed by atoms with Crippen molar-refractivity contribution in [2.45, 2.75) is 25.0 Å². The Labute approximate surface area is 108 Å². The highest BCUT2D eigenvalue weighted by molar-refractivity contribution is 5.95. The minimum Gasteiger partial charge on any atom is -0.381 e. The van der Waals surface area contributed by atoms with Crippen LogP contribution in [0, 0.1) is 15.9 Å². The van der Waals surface area contributed by atoms with Gasteiger partial charge in [-0.1, -0.05) is 0 Å². The molecule has 1 aliphatic carbocycles. The van der Waals surface area contributed by atoms with Crippen LogP contribution in [-0.4, -0.2) is 30.1 Å². The predicted molar refractivity (Wildman–Crippen MR) is 64.3 cm³/mol. The molecule has 0 saturated heterocycles. The molecule has 0 aliphatic heterocycles. The number of rotatable bonds is 4. The van der Waals surface area contributed by atoms with Gasteiger partial charge in [0, 0.05) is 24.8 Å². The first-order chi connectivity index (χ1) is 9.01. The van der Waals surface area contributed by atoms with Gasteiger partial charge in [0.1, 0.15) is 0 Å². The zero-order chi connectivity index (χ0) is 14.0. The van der Waals surface area contributed by atoms with E-state index in [-0.39, 0.29) is 17.7 Å². The van der Waals surface area contributed by atoms with Crippen molar-refractivity contribution < 1.29 is 18.8 Å². The number of nitro groups is 1. The van der Waals surface area contributed by atoms with Crippen LogP contribution in [0.3, 0.4) is 0 Å². The zero-order valence-electron chi connectivity index (χ0n) is 10.3. The third-order valence-corrected chi connectivity index (χ3v) is 3.17. The molecule has 0 atom stereocenters. The Morgan fingerprint density at radius 3 is 2.79 bits per heavy atom. The number of carbonyl (C=O) groups excluding carboxylic acids is 1. The Balaban J connectivity index is 2.04. The van der Waals surface area contributed by atoms with Crippen molar-refractivity contribution >= 4 is 11.6 Å². The van der Waals surface area contributed by atoms with Crippen LogP contribution in [0.4, 0.5) is 10.1 Å². The van der Waals surface area contributed by atoms with E-state index in [0.717, 1.165) is 12.1 Å². The molecule has 19 heavy (non-hydrogen) atoms. The highest BCUT2D eigenvalue weighted by Crippen LogP contribution is 2.23. The van der Waals surface area contributed by atoms with Crippen molar-refractivity contribution in [3.8, 4) is 0 Å². The summed E-state index contributed by atoms with van der Waals surface area (Å²) in [4.78, 5) is 21.6. The molecule has 0 radical (unpaired) electrons. The van der Waals surface area contributed by atoms with Gasteiger partial charge in [-0.15, -0.1) is 0 Å². The number of ether oxygens (including phenoxy) is 1. The van der Waals surface area contributed by atoms with Gasteiger partial charge in [-0.2, -0.15) is 4.39 Å². The minimum absolute atomic E-state index is 0.00144. The molecule has 1 aromatic rings. The van der Waals surface area contributed by atoms with Gasteiger partial charge in [0.05, 0.1) is 11.0 Å². The quantitative estimate of drug-likeness (QED) is 0.664. The fourth-order valence-corrected chi connectivity index (χ4v) is 1.94. The van der Waals surface area contributed by atoms with Crippen LogP contribution in [0.25, 0.3) is 0 Å². The lowest BCUT2D eigenvalue weighted by atomic mass is 9.89. The number of halogens is 1. The maximum absolute atomic E-state index is 13.1. The molecule has 1 N–H and O–H groups in total. The van der Waals surface area contributed by atoms with Crippen LogP contribution < -0.4 is 5.32 Å². The summed E-state index contributed by atoms with van der Waals surface area (Å²) in [7, 11) is 1.60. The third-order valence-electron chi connectivity index (χ3n) is 3.17. The third kappa shape index (κ3) is 2.87. The van der Waals surface area contributed by atoms with E-state index >= 15 is 0 Å². The summed E-state index contributed by atoms with van der Waals surface area (Å²) in [6.45, 7) is 0. The highest BCUT2D eigenvalue weighted by Gasteiger charge is 2.30. The Bertz CT molecular complexity index is 514. The molecule has 0 aromatic heterocycles. The summed E-state index contributed by atoms with van der Waals surface area (Å²) in [6, 6.07) is 3.09. The van der Waals surface area contributed by atoms with Crippen molar-refractivity contribution in [2.24, 2.45) is 0 Å². The van der Waals surface area contributed by atoms with Gasteiger partial charge in [-0.3, -0.25) is 14.9 Å². The Kier molecular flexibility index (Phi) is 3.75. The number of nitrogens with zero attached hydrogens (tertiary/aromatic N) is 1. The van der Waals surface area contributed by atoms with Gasteiger partial charge in [-0.25, -0.2) is 0 Å². The van der Waals surface area contributed by atoms with Gasteiger partial charge < -0.3 is 10.1 Å². The first-order valence-electron chi connectivity index (χ1n) is 5.79. The largest absolute Gasteiger partial charge is 0.381 e. The van der Waals surface area contributed by atoms with Gasteiger partial charge >= 0.3 is 5.69 Å². The standard InChI is InChI=1S/C12H13FN2O4/c1-19-9-5-8(6-9)14-12(16)7-2-3-10(13)11(4-7)15(17)18/h2-4,8-9H,5-6H2,1H3,(H,14,16). The molecular formula is C12H13FN2O4. The van der Waals surface area contributed by atoms with Crippen LogP contribution in [0.1, 0.15) is 23.2 Å². The van der Waals surface area contributed by atoms with Crippen molar-refractivity contribution in [3.63, 3.8) is 0 Å². The lowest BCUT2D eigenvalue weighted by Gasteiger charge is -2.34. The van der Waals surface area contributed by atoms with Crippen LogP contribution >= 0.6 is 0 Å². The summed E-state index contributed by atoms with van der Waals surface area (Å²) in [6.07, 6.45) is 1.57. The van der Waals surface area contributed by atoms with Crippen LogP contribution in [0.2, 0.25) is 0 Å². The molecule has 1 amide bonds. The van der Waals surface area contributed by atoms with Crippen LogP contribution in [-0.2, 0) is 4.74 Å². The Morgan fingerprint density at radius 2 is 2.21 bits per heavy atom. The van der Waals surface area contributed by atoms with E-state index in [1.807, 2.05) is 0 Å². The number of amides is 1. The predicted octanol–water partition coefficient (Wildman–Crippen LogP) is 1.64. The van der Waals surface area contributed by atoms with Gasteiger partial charge in [0.2, 0.25) is 5.82 Å². The molecule has 2 rings (SSSR count). The molecule has 1 saturated carbocycles. The average Bonchev–Trinajstić information content (AvgIpc) is 2.33. The zero-order valence-corrected chi connectivity index (χ0v) is 10.3. The maximum Gasteiger partial charge on any atom is 0.305 e. The van der Waals surface area contributed by atoms with E-state index in [1.165, 1.54) is 6.07 Å². The number of hydrogen-bond donors (Lipinski definition) is 1. The molecular weight excluding hydrogens is 255 g/mol. The molecule has 1 aromatic carbocycles. The number of nitro benzene ring substituents is 1. The molecule has 1 aliphatic rings. The van der Waals surface area contributed by atoms with Crippen LogP contribution in [0.15, 0.2) is 18.2 Å². The summed E-state index contributed by atoms with van der Waals surface area (Å²) < 4.78 is 18.2.